The van der Waals surface area contributed by atoms with Crippen molar-refractivity contribution < 1.29 is 19.4 Å². The third kappa shape index (κ3) is 3.28. The maximum Gasteiger partial charge on any atom is 0.301 e. The summed E-state index contributed by atoms with van der Waals surface area (Å²) in [7, 11) is 1.53. The molecule has 8 heteroatoms. The highest BCUT2D eigenvalue weighted by molar-refractivity contribution is 7.22. The first-order valence-electron chi connectivity index (χ1n) is 9.84. The molecule has 0 spiro atoms. The fourth-order valence-corrected chi connectivity index (χ4v) is 5.71. The highest BCUT2D eigenvalue weighted by atomic mass is 32.1. The van der Waals surface area contributed by atoms with Crippen LogP contribution in [0.15, 0.2) is 65.6 Å². The summed E-state index contributed by atoms with van der Waals surface area (Å²) in [5.41, 5.74) is 2.29. The lowest BCUT2D eigenvalue weighted by Gasteiger charge is -2.21. The maximum atomic E-state index is 13.2. The molecule has 0 bridgehead atoms. The van der Waals surface area contributed by atoms with Gasteiger partial charge in [0.15, 0.2) is 5.13 Å². The Kier molecular flexibility index (Phi) is 5.03. The zero-order chi connectivity index (χ0) is 22.4. The number of thiazole rings is 1. The van der Waals surface area contributed by atoms with Crippen LogP contribution in [0.4, 0.5) is 5.13 Å². The molecule has 1 amide bonds. The molecule has 3 heterocycles. The average Bonchev–Trinajstić information content (AvgIpc) is 3.52. The van der Waals surface area contributed by atoms with Gasteiger partial charge >= 0.3 is 5.91 Å². The zero-order valence-electron chi connectivity index (χ0n) is 17.2. The van der Waals surface area contributed by atoms with Crippen LogP contribution in [0.3, 0.4) is 0 Å². The zero-order valence-corrected chi connectivity index (χ0v) is 18.9. The second-order valence-electron chi connectivity index (χ2n) is 7.38. The second-order valence-corrected chi connectivity index (χ2v) is 9.37. The Labute approximate surface area is 192 Å². The van der Waals surface area contributed by atoms with Crippen molar-refractivity contribution in [1.82, 2.24) is 4.98 Å². The molecule has 32 heavy (non-hydrogen) atoms. The summed E-state index contributed by atoms with van der Waals surface area (Å²) in [4.78, 5) is 33.2. The molecule has 4 aromatic rings. The van der Waals surface area contributed by atoms with Crippen LogP contribution >= 0.6 is 22.7 Å². The Morgan fingerprint density at radius 1 is 1.12 bits per heavy atom. The highest BCUT2D eigenvalue weighted by Crippen LogP contribution is 2.45. The molecule has 1 N–H and O–H groups in total. The summed E-state index contributed by atoms with van der Waals surface area (Å²) in [6.07, 6.45) is 0. The molecular weight excluding hydrogens is 444 g/mol. The van der Waals surface area contributed by atoms with Gasteiger partial charge in [-0.3, -0.25) is 14.5 Å². The second kappa shape index (κ2) is 7.89. The van der Waals surface area contributed by atoms with Crippen LogP contribution < -0.4 is 9.64 Å². The van der Waals surface area contributed by atoms with Crippen molar-refractivity contribution in [3.63, 3.8) is 0 Å². The number of ketones is 1. The fourth-order valence-electron chi connectivity index (χ4n) is 3.79. The van der Waals surface area contributed by atoms with E-state index in [2.05, 4.69) is 4.98 Å². The molecule has 0 radical (unpaired) electrons. The lowest BCUT2D eigenvalue weighted by atomic mass is 10.00. The minimum absolute atomic E-state index is 0.0427. The monoisotopic (exact) mass is 462 g/mol. The van der Waals surface area contributed by atoms with E-state index in [1.54, 1.807) is 24.3 Å². The topological polar surface area (TPSA) is 79.7 Å². The molecule has 1 saturated heterocycles. The van der Waals surface area contributed by atoms with Crippen LogP contribution in [0.2, 0.25) is 0 Å². The average molecular weight is 463 g/mol. The van der Waals surface area contributed by atoms with Crippen molar-refractivity contribution in [1.29, 1.82) is 0 Å². The standard InChI is InChI=1S/C24H18N2O4S2/c1-13-8-9-16-18(11-13)32-24(25-16)26-20(17-7-4-10-31-17)19(22(28)23(26)29)21(27)14-5-3-6-15(12-14)30-2/h3-12,20,27H,1-2H3/t20-/m1/s1. The number of hydrogen-bond donors (Lipinski definition) is 1. The predicted octanol–water partition coefficient (Wildman–Crippen LogP) is 5.30. The third-order valence-electron chi connectivity index (χ3n) is 5.34. The van der Waals surface area contributed by atoms with E-state index in [1.165, 1.54) is 34.7 Å². The minimum atomic E-state index is -0.761. The summed E-state index contributed by atoms with van der Waals surface area (Å²) in [5.74, 6) is -1.14. The van der Waals surface area contributed by atoms with Gasteiger partial charge in [0, 0.05) is 10.4 Å². The van der Waals surface area contributed by atoms with Crippen LogP contribution in [-0.2, 0) is 9.59 Å². The summed E-state index contributed by atoms with van der Waals surface area (Å²) < 4.78 is 6.18. The molecule has 1 aliphatic rings. The third-order valence-corrected chi connectivity index (χ3v) is 7.28. The van der Waals surface area contributed by atoms with Crippen molar-refractivity contribution in [3.05, 3.63) is 81.6 Å². The van der Waals surface area contributed by atoms with Crippen molar-refractivity contribution >= 4 is 55.5 Å². The maximum absolute atomic E-state index is 13.2. The number of nitrogens with zero attached hydrogens (tertiary/aromatic N) is 2. The first kappa shape index (κ1) is 20.4. The molecule has 6 nitrogen and oxygen atoms in total. The number of hydrogen-bond acceptors (Lipinski definition) is 7. The van der Waals surface area contributed by atoms with Crippen molar-refractivity contribution in [2.45, 2.75) is 13.0 Å². The number of ether oxygens (including phenoxy) is 1. The first-order chi connectivity index (χ1) is 15.5. The summed E-state index contributed by atoms with van der Waals surface area (Å²) in [6.45, 7) is 1.99. The lowest BCUT2D eigenvalue weighted by Crippen LogP contribution is -2.28. The number of carbonyl (C=O) groups excluding carboxylic acids is 2. The van der Waals surface area contributed by atoms with Crippen LogP contribution in [-0.4, -0.2) is 28.9 Å². The largest absolute Gasteiger partial charge is 0.507 e. The van der Waals surface area contributed by atoms with E-state index < -0.39 is 17.7 Å². The quantitative estimate of drug-likeness (QED) is 0.253. The van der Waals surface area contributed by atoms with Gasteiger partial charge in [-0.05, 0) is 48.2 Å². The number of Topliss-reactive ketones (excluding diaryl/α,β-unsaturated/α-hetero) is 1. The summed E-state index contributed by atoms with van der Waals surface area (Å²) in [5, 5.41) is 13.5. The molecule has 1 aliphatic heterocycles. The first-order valence-corrected chi connectivity index (χ1v) is 11.5. The van der Waals surface area contributed by atoms with Crippen LogP contribution in [0, 0.1) is 6.92 Å². The number of carbonyl (C=O) groups is 2. The number of amides is 1. The minimum Gasteiger partial charge on any atom is -0.507 e. The Hall–Kier alpha value is -3.49. The van der Waals surface area contributed by atoms with Gasteiger partial charge in [0.1, 0.15) is 17.6 Å². The van der Waals surface area contributed by atoms with E-state index in [4.69, 9.17) is 4.74 Å². The number of fused-ring (bicyclic) bond motifs is 1. The van der Waals surface area contributed by atoms with Gasteiger partial charge in [-0.2, -0.15) is 0 Å². The van der Waals surface area contributed by atoms with E-state index in [-0.39, 0.29) is 11.3 Å². The Morgan fingerprint density at radius 2 is 1.97 bits per heavy atom. The number of anilines is 1. The predicted molar refractivity (Wildman–Crippen MR) is 126 cm³/mol. The number of aliphatic hydroxyl groups is 1. The number of aryl methyl sites for hydroxylation is 1. The molecule has 1 fully saturated rings. The molecule has 160 valence electrons. The Morgan fingerprint density at radius 3 is 2.72 bits per heavy atom. The van der Waals surface area contributed by atoms with Gasteiger partial charge in [0.2, 0.25) is 0 Å². The SMILES string of the molecule is COc1cccc(C(O)=C2C(=O)C(=O)N(c3nc4ccc(C)cc4s3)[C@@H]2c2cccs2)c1. The molecule has 0 unspecified atom stereocenters. The van der Waals surface area contributed by atoms with Crippen molar-refractivity contribution in [2.75, 3.05) is 12.0 Å². The lowest BCUT2D eigenvalue weighted by molar-refractivity contribution is -0.132. The van der Waals surface area contributed by atoms with Crippen LogP contribution in [0.1, 0.15) is 22.0 Å². The normalized spacial score (nSPS) is 17.9. The van der Waals surface area contributed by atoms with Gasteiger partial charge in [-0.15, -0.1) is 11.3 Å². The van der Waals surface area contributed by atoms with Crippen molar-refractivity contribution in [2.24, 2.45) is 0 Å². The summed E-state index contributed by atoms with van der Waals surface area (Å²) in [6, 6.07) is 15.6. The van der Waals surface area contributed by atoms with Gasteiger partial charge in [-0.25, -0.2) is 4.98 Å². The number of thiophene rings is 1. The van der Waals surface area contributed by atoms with Crippen LogP contribution in [0.5, 0.6) is 5.75 Å². The van der Waals surface area contributed by atoms with E-state index in [1.807, 2.05) is 42.6 Å². The van der Waals surface area contributed by atoms with E-state index in [9.17, 15) is 14.7 Å². The molecule has 0 aliphatic carbocycles. The molecule has 5 rings (SSSR count). The molecule has 1 atom stereocenters. The number of aliphatic hydroxyl groups excluding tert-OH is 1. The van der Waals surface area contributed by atoms with Crippen molar-refractivity contribution in [3.8, 4) is 5.75 Å². The summed E-state index contributed by atoms with van der Waals surface area (Å²) >= 11 is 2.77. The van der Waals surface area contributed by atoms with Crippen LogP contribution in [0.25, 0.3) is 16.0 Å². The smallest absolute Gasteiger partial charge is 0.301 e. The molecule has 2 aromatic carbocycles. The molecular formula is C24H18N2O4S2. The number of rotatable bonds is 4. The molecule has 0 saturated carbocycles. The Bertz CT molecular complexity index is 1390. The van der Waals surface area contributed by atoms with Gasteiger partial charge < -0.3 is 9.84 Å². The fraction of sp³-hybridized carbons (Fsp3) is 0.125. The number of benzene rings is 2. The van der Waals surface area contributed by atoms with E-state index >= 15 is 0 Å². The molecule has 2 aromatic heterocycles. The number of methoxy groups -OCH3 is 1. The number of aromatic nitrogens is 1. The van der Waals surface area contributed by atoms with E-state index in [0.29, 0.717) is 16.4 Å². The van der Waals surface area contributed by atoms with Gasteiger partial charge in [0.25, 0.3) is 5.78 Å². The van der Waals surface area contributed by atoms with Gasteiger partial charge in [0.05, 0.1) is 22.9 Å². The van der Waals surface area contributed by atoms with E-state index in [0.717, 1.165) is 20.7 Å². The Balaban J connectivity index is 1.71. The highest BCUT2D eigenvalue weighted by Gasteiger charge is 2.48. The van der Waals surface area contributed by atoms with Gasteiger partial charge in [-0.1, -0.05) is 35.6 Å².